The molecular formula is C20H18F2N2OS. The molecule has 0 unspecified atom stereocenters. The van der Waals surface area contributed by atoms with Crippen molar-refractivity contribution in [2.24, 2.45) is 4.99 Å². The van der Waals surface area contributed by atoms with Gasteiger partial charge in [0.25, 0.3) is 5.91 Å². The molecule has 0 atom stereocenters. The number of halogens is 2. The summed E-state index contributed by atoms with van der Waals surface area (Å²) < 4.78 is 29.6. The van der Waals surface area contributed by atoms with Crippen LogP contribution in [0.25, 0.3) is 10.2 Å². The maximum absolute atomic E-state index is 14.2. The Morgan fingerprint density at radius 3 is 2.69 bits per heavy atom. The van der Waals surface area contributed by atoms with E-state index in [1.54, 1.807) is 10.6 Å². The zero-order valence-corrected chi connectivity index (χ0v) is 15.4. The fraction of sp³-hybridized carbons (Fsp3) is 0.200. The lowest BCUT2D eigenvalue weighted by molar-refractivity contribution is -0.117. The van der Waals surface area contributed by atoms with Crippen LogP contribution in [-0.4, -0.2) is 10.5 Å². The molecule has 0 N–H and O–H groups in total. The third kappa shape index (κ3) is 3.65. The Hall–Kier alpha value is -2.60. The number of nitrogens with zero attached hydrogens (tertiary/aromatic N) is 2. The number of rotatable bonds is 4. The van der Waals surface area contributed by atoms with Crippen molar-refractivity contribution in [3.05, 3.63) is 76.1 Å². The minimum atomic E-state index is -0.679. The SMILES string of the molecule is C=CCn1c(=NC(=O)Cc2ccc(C)c(C)c2)sc2cc(F)cc(F)c21. The second-order valence-electron chi connectivity index (χ2n) is 6.12. The normalized spacial score (nSPS) is 11.9. The molecule has 0 aliphatic carbocycles. The number of fused-ring (bicyclic) bond motifs is 1. The van der Waals surface area contributed by atoms with Crippen LogP contribution < -0.4 is 4.80 Å². The molecule has 1 aromatic heterocycles. The Labute approximate surface area is 153 Å². The lowest BCUT2D eigenvalue weighted by Crippen LogP contribution is -2.17. The standard InChI is InChI=1S/C20H18F2N2OS/c1-4-7-24-19-16(22)10-15(21)11-17(19)26-20(24)23-18(25)9-14-6-5-12(2)13(3)8-14/h4-6,8,10-11H,1,7,9H2,2-3H3. The second kappa shape index (κ2) is 7.33. The first kappa shape index (κ1) is 18.2. The quantitative estimate of drug-likeness (QED) is 0.623. The van der Waals surface area contributed by atoms with Crippen molar-refractivity contribution < 1.29 is 13.6 Å². The van der Waals surface area contributed by atoms with Gasteiger partial charge in [-0.05, 0) is 36.6 Å². The lowest BCUT2D eigenvalue weighted by Gasteiger charge is -2.04. The van der Waals surface area contributed by atoms with E-state index in [-0.39, 0.29) is 24.4 Å². The zero-order chi connectivity index (χ0) is 18.8. The van der Waals surface area contributed by atoms with Gasteiger partial charge in [0, 0.05) is 12.6 Å². The van der Waals surface area contributed by atoms with Crippen molar-refractivity contribution in [2.45, 2.75) is 26.8 Å². The number of hydrogen-bond acceptors (Lipinski definition) is 2. The highest BCUT2D eigenvalue weighted by molar-refractivity contribution is 7.16. The van der Waals surface area contributed by atoms with Crippen molar-refractivity contribution in [1.82, 2.24) is 4.57 Å². The average Bonchev–Trinajstić information content (AvgIpc) is 2.88. The smallest absolute Gasteiger partial charge is 0.252 e. The van der Waals surface area contributed by atoms with Gasteiger partial charge in [-0.1, -0.05) is 35.6 Å². The summed E-state index contributed by atoms with van der Waals surface area (Å²) in [5.41, 5.74) is 3.37. The van der Waals surface area contributed by atoms with Crippen LogP contribution in [0.4, 0.5) is 8.78 Å². The number of benzene rings is 2. The average molecular weight is 372 g/mol. The largest absolute Gasteiger partial charge is 0.310 e. The molecule has 0 fully saturated rings. The van der Waals surface area contributed by atoms with E-state index in [1.807, 2.05) is 32.0 Å². The van der Waals surface area contributed by atoms with Crippen LogP contribution in [0.3, 0.4) is 0 Å². The topological polar surface area (TPSA) is 34.4 Å². The summed E-state index contributed by atoms with van der Waals surface area (Å²) in [6, 6.07) is 7.90. The molecule has 0 bridgehead atoms. The fourth-order valence-electron chi connectivity index (χ4n) is 2.75. The summed E-state index contributed by atoms with van der Waals surface area (Å²) in [6.07, 6.45) is 1.74. The van der Waals surface area contributed by atoms with E-state index in [9.17, 15) is 13.6 Å². The molecule has 3 rings (SSSR count). The minimum Gasteiger partial charge on any atom is -0.310 e. The summed E-state index contributed by atoms with van der Waals surface area (Å²) in [5.74, 6) is -1.67. The first-order valence-electron chi connectivity index (χ1n) is 8.12. The zero-order valence-electron chi connectivity index (χ0n) is 14.6. The summed E-state index contributed by atoms with van der Waals surface area (Å²) in [7, 11) is 0. The third-order valence-corrected chi connectivity index (χ3v) is 5.18. The Balaban J connectivity index is 2.03. The Bertz CT molecular complexity index is 1080. The lowest BCUT2D eigenvalue weighted by atomic mass is 10.0. The van der Waals surface area contributed by atoms with Crippen LogP contribution in [0.15, 0.2) is 48.0 Å². The van der Waals surface area contributed by atoms with Crippen molar-refractivity contribution in [1.29, 1.82) is 0 Å². The van der Waals surface area contributed by atoms with E-state index in [4.69, 9.17) is 0 Å². The molecule has 3 nitrogen and oxygen atoms in total. The van der Waals surface area contributed by atoms with Gasteiger partial charge >= 0.3 is 0 Å². The van der Waals surface area contributed by atoms with Gasteiger partial charge in [0.15, 0.2) is 10.6 Å². The number of carbonyl (C=O) groups is 1. The number of carbonyl (C=O) groups excluding carboxylic acids is 1. The van der Waals surface area contributed by atoms with E-state index in [2.05, 4.69) is 11.6 Å². The molecule has 2 aromatic carbocycles. The van der Waals surface area contributed by atoms with Crippen LogP contribution in [0.1, 0.15) is 16.7 Å². The third-order valence-electron chi connectivity index (χ3n) is 4.15. The van der Waals surface area contributed by atoms with Gasteiger partial charge < -0.3 is 4.57 Å². The summed E-state index contributed by atoms with van der Waals surface area (Å²) in [5, 5.41) is 0. The predicted octanol–water partition coefficient (Wildman–Crippen LogP) is 4.45. The monoisotopic (exact) mass is 372 g/mol. The van der Waals surface area contributed by atoms with Crippen molar-refractivity contribution >= 4 is 27.5 Å². The maximum Gasteiger partial charge on any atom is 0.252 e. The maximum atomic E-state index is 14.2. The number of aromatic nitrogens is 1. The van der Waals surface area contributed by atoms with Crippen molar-refractivity contribution in [3.8, 4) is 0 Å². The second-order valence-corrected chi connectivity index (χ2v) is 7.13. The molecule has 0 aliphatic rings. The summed E-state index contributed by atoms with van der Waals surface area (Å²) in [4.78, 5) is 16.9. The highest BCUT2D eigenvalue weighted by Gasteiger charge is 2.13. The van der Waals surface area contributed by atoms with E-state index in [0.717, 1.165) is 34.1 Å². The van der Waals surface area contributed by atoms with Gasteiger partial charge in [0.2, 0.25) is 0 Å². The number of thiazole rings is 1. The predicted molar refractivity (Wildman–Crippen MR) is 100 cm³/mol. The summed E-state index contributed by atoms with van der Waals surface area (Å²) >= 11 is 1.08. The van der Waals surface area contributed by atoms with Gasteiger partial charge in [0.1, 0.15) is 5.82 Å². The van der Waals surface area contributed by atoms with Crippen LogP contribution in [-0.2, 0) is 17.8 Å². The van der Waals surface area contributed by atoms with Crippen LogP contribution in [0, 0.1) is 25.5 Å². The Kier molecular flexibility index (Phi) is 5.13. The molecule has 0 radical (unpaired) electrons. The molecular weight excluding hydrogens is 354 g/mol. The molecule has 0 spiro atoms. The van der Waals surface area contributed by atoms with Crippen LogP contribution in [0.5, 0.6) is 0 Å². The first-order valence-corrected chi connectivity index (χ1v) is 8.93. The molecule has 3 aromatic rings. The van der Waals surface area contributed by atoms with Gasteiger partial charge in [-0.3, -0.25) is 4.79 Å². The van der Waals surface area contributed by atoms with E-state index >= 15 is 0 Å². The fourth-order valence-corrected chi connectivity index (χ4v) is 3.84. The highest BCUT2D eigenvalue weighted by atomic mass is 32.1. The van der Waals surface area contributed by atoms with Crippen LogP contribution in [0.2, 0.25) is 0 Å². The Morgan fingerprint density at radius 2 is 2.00 bits per heavy atom. The number of allylic oxidation sites excluding steroid dienone is 1. The molecule has 6 heteroatoms. The molecule has 26 heavy (non-hydrogen) atoms. The van der Waals surface area contributed by atoms with Crippen molar-refractivity contribution in [2.75, 3.05) is 0 Å². The van der Waals surface area contributed by atoms with Gasteiger partial charge in [-0.25, -0.2) is 8.78 Å². The molecule has 0 saturated heterocycles. The van der Waals surface area contributed by atoms with E-state index in [1.165, 1.54) is 6.07 Å². The Morgan fingerprint density at radius 1 is 1.23 bits per heavy atom. The van der Waals surface area contributed by atoms with Gasteiger partial charge in [-0.2, -0.15) is 4.99 Å². The van der Waals surface area contributed by atoms with Crippen molar-refractivity contribution in [3.63, 3.8) is 0 Å². The molecule has 0 aliphatic heterocycles. The molecule has 0 saturated carbocycles. The summed E-state index contributed by atoms with van der Waals surface area (Å²) in [6.45, 7) is 7.93. The number of amides is 1. The van der Waals surface area contributed by atoms with Gasteiger partial charge in [-0.15, -0.1) is 6.58 Å². The minimum absolute atomic E-state index is 0.153. The van der Waals surface area contributed by atoms with E-state index < -0.39 is 11.6 Å². The number of hydrogen-bond donors (Lipinski definition) is 0. The van der Waals surface area contributed by atoms with E-state index in [0.29, 0.717) is 9.50 Å². The molecule has 1 amide bonds. The first-order chi connectivity index (χ1) is 12.4. The van der Waals surface area contributed by atoms with Gasteiger partial charge in [0.05, 0.1) is 16.6 Å². The number of aryl methyl sites for hydroxylation is 2. The highest BCUT2D eigenvalue weighted by Crippen LogP contribution is 2.22. The molecule has 1 heterocycles. The molecule has 134 valence electrons. The van der Waals surface area contributed by atoms with Crippen LogP contribution >= 0.6 is 11.3 Å².